The number of halogens is 1. The number of rotatable bonds is 6. The Morgan fingerprint density at radius 3 is 2.79 bits per heavy atom. The molecule has 0 aliphatic carbocycles. The molecule has 24 heavy (non-hydrogen) atoms. The molecule has 1 aromatic heterocycles. The van der Waals surface area contributed by atoms with E-state index in [1.54, 1.807) is 18.2 Å². The maximum Gasteiger partial charge on any atom is 0.244 e. The summed E-state index contributed by atoms with van der Waals surface area (Å²) in [7, 11) is 0. The van der Waals surface area contributed by atoms with Crippen LogP contribution in [0.3, 0.4) is 0 Å². The zero-order valence-corrected chi connectivity index (χ0v) is 13.9. The molecule has 5 heteroatoms. The van der Waals surface area contributed by atoms with Gasteiger partial charge in [0.05, 0.1) is 17.4 Å². The van der Waals surface area contributed by atoms with E-state index in [1.807, 2.05) is 36.7 Å². The third-order valence-corrected chi connectivity index (χ3v) is 3.95. The highest BCUT2D eigenvalue weighted by Gasteiger charge is 2.01. The van der Waals surface area contributed by atoms with Crippen LogP contribution in [-0.2, 0) is 11.3 Å². The fourth-order valence-corrected chi connectivity index (χ4v) is 2.58. The van der Waals surface area contributed by atoms with E-state index in [0.717, 1.165) is 29.6 Å². The topological polar surface area (TPSA) is 46.9 Å². The van der Waals surface area contributed by atoms with Crippen molar-refractivity contribution in [1.82, 2.24) is 14.9 Å². The van der Waals surface area contributed by atoms with Gasteiger partial charge in [0.2, 0.25) is 5.91 Å². The number of nitrogens with zero attached hydrogens (tertiary/aromatic N) is 2. The lowest BCUT2D eigenvalue weighted by Crippen LogP contribution is -2.23. The van der Waals surface area contributed by atoms with Crippen molar-refractivity contribution < 1.29 is 4.79 Å². The van der Waals surface area contributed by atoms with E-state index < -0.39 is 0 Å². The number of nitrogens with one attached hydrogen (secondary N) is 1. The molecule has 0 aliphatic heterocycles. The molecule has 0 spiro atoms. The Hall–Kier alpha value is -2.59. The van der Waals surface area contributed by atoms with Gasteiger partial charge in [-0.3, -0.25) is 4.79 Å². The normalized spacial score (nSPS) is 11.2. The Morgan fingerprint density at radius 2 is 1.96 bits per heavy atom. The average molecular weight is 340 g/mol. The molecule has 0 unspecified atom stereocenters. The first-order valence-corrected chi connectivity index (χ1v) is 8.21. The maximum atomic E-state index is 11.8. The second-order valence-corrected chi connectivity index (χ2v) is 5.89. The zero-order chi connectivity index (χ0) is 16.8. The molecule has 0 bridgehead atoms. The third kappa shape index (κ3) is 4.24. The van der Waals surface area contributed by atoms with Gasteiger partial charge in [-0.15, -0.1) is 0 Å². The first-order valence-electron chi connectivity index (χ1n) is 7.84. The minimum atomic E-state index is -0.0968. The van der Waals surface area contributed by atoms with Gasteiger partial charge < -0.3 is 9.88 Å². The summed E-state index contributed by atoms with van der Waals surface area (Å²) >= 11 is 5.83. The van der Waals surface area contributed by atoms with Crippen LogP contribution in [-0.4, -0.2) is 22.0 Å². The first-order chi connectivity index (χ1) is 11.7. The predicted molar refractivity (Wildman–Crippen MR) is 97.8 cm³/mol. The van der Waals surface area contributed by atoms with Crippen LogP contribution in [0.25, 0.3) is 17.1 Å². The number of amides is 1. The van der Waals surface area contributed by atoms with Crippen LogP contribution in [0.4, 0.5) is 0 Å². The predicted octanol–water partition coefficient (Wildman–Crippen LogP) is 3.91. The molecule has 1 heterocycles. The lowest BCUT2D eigenvalue weighted by atomic mass is 10.2. The van der Waals surface area contributed by atoms with Gasteiger partial charge in [0.25, 0.3) is 0 Å². The van der Waals surface area contributed by atoms with Crippen molar-refractivity contribution in [2.45, 2.75) is 13.0 Å². The van der Waals surface area contributed by atoms with Crippen molar-refractivity contribution in [2.24, 2.45) is 0 Å². The van der Waals surface area contributed by atoms with E-state index in [2.05, 4.69) is 20.9 Å². The number of carbonyl (C=O) groups excluding carboxylic acids is 1. The fraction of sp³-hybridized carbons (Fsp3) is 0.158. The molecule has 0 saturated heterocycles. The summed E-state index contributed by atoms with van der Waals surface area (Å²) in [5.74, 6) is -0.0968. The smallest absolute Gasteiger partial charge is 0.244 e. The van der Waals surface area contributed by atoms with Gasteiger partial charge in [0.1, 0.15) is 0 Å². The summed E-state index contributed by atoms with van der Waals surface area (Å²) < 4.78 is 2.10. The SMILES string of the molecule is O=C(C=Cc1ccc(Cl)cc1)NCCCn1cnc2ccccc21. The van der Waals surface area contributed by atoms with Crippen LogP contribution in [0.5, 0.6) is 0 Å². The number of carbonyl (C=O) groups is 1. The van der Waals surface area contributed by atoms with Gasteiger partial charge in [0.15, 0.2) is 0 Å². The average Bonchev–Trinajstić information content (AvgIpc) is 3.01. The van der Waals surface area contributed by atoms with E-state index in [9.17, 15) is 4.79 Å². The van der Waals surface area contributed by atoms with Gasteiger partial charge in [-0.05, 0) is 42.3 Å². The number of fused-ring (bicyclic) bond motifs is 1. The van der Waals surface area contributed by atoms with Gasteiger partial charge in [-0.2, -0.15) is 0 Å². The Morgan fingerprint density at radius 1 is 1.17 bits per heavy atom. The molecule has 122 valence electrons. The summed E-state index contributed by atoms with van der Waals surface area (Å²) in [5, 5.41) is 3.57. The Labute approximate surface area is 145 Å². The number of benzene rings is 2. The van der Waals surface area contributed by atoms with Crippen LogP contribution in [0.1, 0.15) is 12.0 Å². The van der Waals surface area contributed by atoms with E-state index in [-0.39, 0.29) is 5.91 Å². The van der Waals surface area contributed by atoms with Crippen molar-refractivity contribution in [2.75, 3.05) is 6.54 Å². The molecule has 2 aromatic carbocycles. The Kier molecular flexibility index (Phi) is 5.29. The van der Waals surface area contributed by atoms with Crippen molar-refractivity contribution in [3.63, 3.8) is 0 Å². The van der Waals surface area contributed by atoms with E-state index in [0.29, 0.717) is 11.6 Å². The van der Waals surface area contributed by atoms with Gasteiger partial charge in [0, 0.05) is 24.2 Å². The first kappa shape index (κ1) is 16.3. The number of para-hydroxylation sites is 2. The van der Waals surface area contributed by atoms with Crippen molar-refractivity contribution in [3.05, 3.63) is 71.5 Å². The summed E-state index contributed by atoms with van der Waals surface area (Å²) in [6.07, 6.45) is 6.00. The maximum absolute atomic E-state index is 11.8. The lowest BCUT2D eigenvalue weighted by molar-refractivity contribution is -0.116. The van der Waals surface area contributed by atoms with Crippen LogP contribution < -0.4 is 5.32 Å². The molecule has 0 aliphatic rings. The Bertz CT molecular complexity index is 852. The molecular weight excluding hydrogens is 322 g/mol. The van der Waals surface area contributed by atoms with Crippen molar-refractivity contribution in [1.29, 1.82) is 0 Å². The molecule has 0 radical (unpaired) electrons. The highest BCUT2D eigenvalue weighted by atomic mass is 35.5. The number of aryl methyl sites for hydroxylation is 1. The summed E-state index contributed by atoms with van der Waals surface area (Å²) in [6.45, 7) is 1.44. The number of aromatic nitrogens is 2. The monoisotopic (exact) mass is 339 g/mol. The molecule has 0 atom stereocenters. The highest BCUT2D eigenvalue weighted by molar-refractivity contribution is 6.30. The van der Waals surface area contributed by atoms with Crippen LogP contribution in [0.2, 0.25) is 5.02 Å². The number of imidazole rings is 1. The van der Waals surface area contributed by atoms with E-state index >= 15 is 0 Å². The van der Waals surface area contributed by atoms with Crippen LogP contribution in [0, 0.1) is 0 Å². The molecular formula is C19H18ClN3O. The number of hydrogen-bond acceptors (Lipinski definition) is 2. The summed E-state index contributed by atoms with van der Waals surface area (Å²) in [6, 6.07) is 15.4. The summed E-state index contributed by atoms with van der Waals surface area (Å²) in [4.78, 5) is 16.2. The minimum absolute atomic E-state index is 0.0968. The van der Waals surface area contributed by atoms with Crippen LogP contribution >= 0.6 is 11.6 Å². The third-order valence-electron chi connectivity index (χ3n) is 3.70. The van der Waals surface area contributed by atoms with E-state index in [1.165, 1.54) is 6.08 Å². The minimum Gasteiger partial charge on any atom is -0.352 e. The molecule has 0 fully saturated rings. The molecule has 1 N–H and O–H groups in total. The fourth-order valence-electron chi connectivity index (χ4n) is 2.45. The molecule has 3 rings (SSSR count). The Balaban J connectivity index is 1.44. The number of hydrogen-bond donors (Lipinski definition) is 1. The van der Waals surface area contributed by atoms with Crippen LogP contribution in [0.15, 0.2) is 60.9 Å². The molecule has 3 aromatic rings. The van der Waals surface area contributed by atoms with Gasteiger partial charge >= 0.3 is 0 Å². The lowest BCUT2D eigenvalue weighted by Gasteiger charge is -2.05. The summed E-state index contributed by atoms with van der Waals surface area (Å²) in [5.41, 5.74) is 3.05. The van der Waals surface area contributed by atoms with Crippen molar-refractivity contribution >= 4 is 34.6 Å². The standard InChI is InChI=1S/C19H18ClN3O/c20-16-9-6-15(7-10-16)8-11-19(24)21-12-3-13-23-14-22-17-4-1-2-5-18(17)23/h1-2,4-11,14H,3,12-13H2,(H,21,24). The molecule has 4 nitrogen and oxygen atoms in total. The quantitative estimate of drug-likeness (QED) is 0.546. The zero-order valence-electron chi connectivity index (χ0n) is 13.2. The van der Waals surface area contributed by atoms with Crippen molar-refractivity contribution in [3.8, 4) is 0 Å². The molecule has 1 amide bonds. The van der Waals surface area contributed by atoms with Gasteiger partial charge in [-0.25, -0.2) is 4.98 Å². The largest absolute Gasteiger partial charge is 0.352 e. The van der Waals surface area contributed by atoms with E-state index in [4.69, 9.17) is 11.6 Å². The highest BCUT2D eigenvalue weighted by Crippen LogP contribution is 2.12. The molecule has 0 saturated carbocycles. The second-order valence-electron chi connectivity index (χ2n) is 5.46. The second kappa shape index (κ2) is 7.79. The van der Waals surface area contributed by atoms with Gasteiger partial charge in [-0.1, -0.05) is 35.9 Å².